The Kier molecular flexibility index (Phi) is 5.32. The van der Waals surface area contributed by atoms with Crippen LogP contribution in [0.3, 0.4) is 0 Å². The second kappa shape index (κ2) is 6.32. The average Bonchev–Trinajstić information content (AvgIpc) is 2.24. The Labute approximate surface area is 110 Å². The van der Waals surface area contributed by atoms with Crippen LogP contribution in [0.1, 0.15) is 42.2 Å². The third-order valence-electron chi connectivity index (χ3n) is 3.24. The molecule has 0 aliphatic rings. The van der Waals surface area contributed by atoms with Gasteiger partial charge in [0.1, 0.15) is 0 Å². The van der Waals surface area contributed by atoms with Crippen molar-refractivity contribution in [2.75, 3.05) is 6.54 Å². The van der Waals surface area contributed by atoms with Gasteiger partial charge in [-0.05, 0) is 51.3 Å². The molecular formula is C15H25NO2. The molecule has 3 unspecified atom stereocenters. The second-order valence-corrected chi connectivity index (χ2v) is 5.30. The maximum absolute atomic E-state index is 10.4. The standard InChI is InChI=1S/C15H25NO2/c1-9-6-10(2)14(11(3)7-9)15(18)13(5)16-8-12(4)17/h6-7,12-13,15-18H,8H2,1-5H3. The fraction of sp³-hybridized carbons (Fsp3) is 0.600. The molecule has 0 aromatic heterocycles. The number of aliphatic hydroxyl groups excluding tert-OH is 2. The van der Waals surface area contributed by atoms with Gasteiger partial charge in [-0.2, -0.15) is 0 Å². The van der Waals surface area contributed by atoms with E-state index in [4.69, 9.17) is 0 Å². The molecule has 0 aliphatic carbocycles. The first-order valence-electron chi connectivity index (χ1n) is 6.50. The molecule has 0 amide bonds. The van der Waals surface area contributed by atoms with Gasteiger partial charge in [0.15, 0.2) is 0 Å². The summed E-state index contributed by atoms with van der Waals surface area (Å²) in [5.74, 6) is 0. The summed E-state index contributed by atoms with van der Waals surface area (Å²) in [5, 5.41) is 22.8. The van der Waals surface area contributed by atoms with Gasteiger partial charge in [-0.3, -0.25) is 0 Å². The van der Waals surface area contributed by atoms with Crippen LogP contribution in [-0.2, 0) is 0 Å². The zero-order chi connectivity index (χ0) is 13.9. The predicted octanol–water partition coefficient (Wildman–Crippen LogP) is 2.00. The van der Waals surface area contributed by atoms with Crippen molar-refractivity contribution in [1.82, 2.24) is 5.32 Å². The van der Waals surface area contributed by atoms with Crippen molar-refractivity contribution in [3.63, 3.8) is 0 Å². The van der Waals surface area contributed by atoms with Gasteiger partial charge in [0.2, 0.25) is 0 Å². The first-order valence-corrected chi connectivity index (χ1v) is 6.50. The summed E-state index contributed by atoms with van der Waals surface area (Å²) in [6.45, 7) is 10.3. The van der Waals surface area contributed by atoms with Crippen molar-refractivity contribution in [3.8, 4) is 0 Å². The van der Waals surface area contributed by atoms with Crippen LogP contribution in [0.15, 0.2) is 12.1 Å². The van der Waals surface area contributed by atoms with Crippen LogP contribution in [0.2, 0.25) is 0 Å². The van der Waals surface area contributed by atoms with Crippen LogP contribution in [0.5, 0.6) is 0 Å². The number of hydrogen-bond donors (Lipinski definition) is 3. The molecule has 3 atom stereocenters. The molecule has 0 saturated heterocycles. The molecule has 0 aliphatic heterocycles. The zero-order valence-corrected chi connectivity index (χ0v) is 12.0. The highest BCUT2D eigenvalue weighted by Gasteiger charge is 2.20. The van der Waals surface area contributed by atoms with E-state index in [0.717, 1.165) is 16.7 Å². The Balaban J connectivity index is 2.86. The molecule has 1 rings (SSSR count). The van der Waals surface area contributed by atoms with Crippen molar-refractivity contribution in [2.45, 2.75) is 52.9 Å². The molecule has 3 heteroatoms. The molecule has 0 bridgehead atoms. The molecule has 0 fully saturated rings. The molecule has 0 radical (unpaired) electrons. The van der Waals surface area contributed by atoms with Gasteiger partial charge < -0.3 is 15.5 Å². The van der Waals surface area contributed by atoms with Gasteiger partial charge in [0.05, 0.1) is 12.2 Å². The van der Waals surface area contributed by atoms with E-state index in [1.807, 2.05) is 20.8 Å². The predicted molar refractivity (Wildman–Crippen MR) is 74.8 cm³/mol. The molecule has 0 spiro atoms. The summed E-state index contributed by atoms with van der Waals surface area (Å²) in [6.07, 6.45) is -0.954. The summed E-state index contributed by atoms with van der Waals surface area (Å²) in [7, 11) is 0. The van der Waals surface area contributed by atoms with Gasteiger partial charge >= 0.3 is 0 Å². The van der Waals surface area contributed by atoms with Gasteiger partial charge in [-0.1, -0.05) is 17.7 Å². The van der Waals surface area contributed by atoms with Crippen molar-refractivity contribution in [2.24, 2.45) is 0 Å². The lowest BCUT2D eigenvalue weighted by Crippen LogP contribution is -2.37. The van der Waals surface area contributed by atoms with Crippen LogP contribution in [-0.4, -0.2) is 28.9 Å². The summed E-state index contributed by atoms with van der Waals surface area (Å²) in [6, 6.07) is 4.10. The smallest absolute Gasteiger partial charge is 0.0945 e. The summed E-state index contributed by atoms with van der Waals surface area (Å²) < 4.78 is 0. The number of aryl methyl sites for hydroxylation is 3. The zero-order valence-electron chi connectivity index (χ0n) is 12.0. The van der Waals surface area contributed by atoms with E-state index in [0.29, 0.717) is 6.54 Å². The Morgan fingerprint density at radius 3 is 2.00 bits per heavy atom. The van der Waals surface area contributed by atoms with E-state index in [1.54, 1.807) is 6.92 Å². The maximum Gasteiger partial charge on any atom is 0.0945 e. The molecule has 3 nitrogen and oxygen atoms in total. The monoisotopic (exact) mass is 251 g/mol. The van der Waals surface area contributed by atoms with Crippen LogP contribution in [0, 0.1) is 20.8 Å². The number of rotatable bonds is 5. The van der Waals surface area contributed by atoms with Gasteiger partial charge in [-0.15, -0.1) is 0 Å². The molecule has 1 aromatic carbocycles. The normalized spacial score (nSPS) is 16.4. The van der Waals surface area contributed by atoms with Gasteiger partial charge in [0, 0.05) is 12.6 Å². The molecule has 18 heavy (non-hydrogen) atoms. The Bertz CT molecular complexity index is 378. The minimum Gasteiger partial charge on any atom is -0.392 e. The summed E-state index contributed by atoms with van der Waals surface area (Å²) >= 11 is 0. The largest absolute Gasteiger partial charge is 0.392 e. The van der Waals surface area contributed by atoms with Crippen molar-refractivity contribution in [3.05, 3.63) is 34.4 Å². The molecular weight excluding hydrogens is 226 g/mol. The number of aliphatic hydroxyl groups is 2. The Morgan fingerprint density at radius 1 is 1.06 bits per heavy atom. The van der Waals surface area contributed by atoms with E-state index in [1.165, 1.54) is 5.56 Å². The van der Waals surface area contributed by atoms with Crippen molar-refractivity contribution in [1.29, 1.82) is 0 Å². The number of hydrogen-bond acceptors (Lipinski definition) is 3. The second-order valence-electron chi connectivity index (χ2n) is 5.30. The van der Waals surface area contributed by atoms with E-state index >= 15 is 0 Å². The fourth-order valence-electron chi connectivity index (χ4n) is 2.38. The van der Waals surface area contributed by atoms with Crippen LogP contribution >= 0.6 is 0 Å². The van der Waals surface area contributed by atoms with Crippen molar-refractivity contribution < 1.29 is 10.2 Å². The molecule has 0 saturated carbocycles. The molecule has 0 heterocycles. The third kappa shape index (κ3) is 3.80. The van der Waals surface area contributed by atoms with E-state index in [9.17, 15) is 10.2 Å². The first kappa shape index (κ1) is 15.2. The third-order valence-corrected chi connectivity index (χ3v) is 3.24. The number of nitrogens with one attached hydrogen (secondary N) is 1. The van der Waals surface area contributed by atoms with Gasteiger partial charge in [-0.25, -0.2) is 0 Å². The molecule has 102 valence electrons. The fourth-order valence-corrected chi connectivity index (χ4v) is 2.38. The minimum atomic E-state index is -0.552. The molecule has 1 aromatic rings. The highest BCUT2D eigenvalue weighted by atomic mass is 16.3. The average molecular weight is 251 g/mol. The lowest BCUT2D eigenvalue weighted by Gasteiger charge is -2.24. The minimum absolute atomic E-state index is 0.0836. The van der Waals surface area contributed by atoms with Crippen LogP contribution < -0.4 is 5.32 Å². The molecule has 3 N–H and O–H groups in total. The Morgan fingerprint density at radius 2 is 1.56 bits per heavy atom. The topological polar surface area (TPSA) is 52.5 Å². The first-order chi connectivity index (χ1) is 8.32. The van der Waals surface area contributed by atoms with Crippen molar-refractivity contribution >= 4 is 0 Å². The summed E-state index contributed by atoms with van der Waals surface area (Å²) in [4.78, 5) is 0. The highest BCUT2D eigenvalue weighted by Crippen LogP contribution is 2.25. The van der Waals surface area contributed by atoms with E-state index < -0.39 is 12.2 Å². The number of benzene rings is 1. The van der Waals surface area contributed by atoms with Crippen LogP contribution in [0.25, 0.3) is 0 Å². The Hall–Kier alpha value is -0.900. The SMILES string of the molecule is Cc1cc(C)c(C(O)C(C)NCC(C)O)c(C)c1. The highest BCUT2D eigenvalue weighted by molar-refractivity contribution is 5.39. The maximum atomic E-state index is 10.4. The van der Waals surface area contributed by atoms with E-state index in [-0.39, 0.29) is 6.04 Å². The quantitative estimate of drug-likeness (QED) is 0.750. The lowest BCUT2D eigenvalue weighted by molar-refractivity contribution is 0.120. The van der Waals surface area contributed by atoms with Crippen LogP contribution in [0.4, 0.5) is 0 Å². The van der Waals surface area contributed by atoms with E-state index in [2.05, 4.69) is 24.4 Å². The van der Waals surface area contributed by atoms with Gasteiger partial charge in [0.25, 0.3) is 0 Å². The summed E-state index contributed by atoms with van der Waals surface area (Å²) in [5.41, 5.74) is 4.44. The lowest BCUT2D eigenvalue weighted by atomic mass is 9.92.